The molecular formula is C12H11N3O3. The molecule has 0 bridgehead atoms. The summed E-state index contributed by atoms with van der Waals surface area (Å²) < 4.78 is 1.78. The average molecular weight is 245 g/mol. The van der Waals surface area contributed by atoms with Gasteiger partial charge in [0.05, 0.1) is 11.3 Å². The first-order chi connectivity index (χ1) is 8.58. The van der Waals surface area contributed by atoms with Crippen molar-refractivity contribution in [3.8, 4) is 5.69 Å². The van der Waals surface area contributed by atoms with E-state index in [4.69, 9.17) is 5.73 Å². The molecular weight excluding hydrogens is 234 g/mol. The van der Waals surface area contributed by atoms with Crippen molar-refractivity contribution in [2.75, 3.05) is 0 Å². The molecule has 2 aromatic rings. The molecule has 0 saturated heterocycles. The Hall–Kier alpha value is -2.63. The molecule has 0 aliphatic heterocycles. The molecule has 1 aromatic carbocycles. The van der Waals surface area contributed by atoms with Crippen LogP contribution in [0.25, 0.3) is 5.69 Å². The number of nitro groups is 1. The van der Waals surface area contributed by atoms with Gasteiger partial charge in [-0.3, -0.25) is 14.9 Å². The van der Waals surface area contributed by atoms with Crippen molar-refractivity contribution in [3.05, 3.63) is 58.4 Å². The summed E-state index contributed by atoms with van der Waals surface area (Å²) >= 11 is 0. The quantitative estimate of drug-likeness (QED) is 0.652. The zero-order chi connectivity index (χ0) is 13.1. The van der Waals surface area contributed by atoms with E-state index in [0.29, 0.717) is 11.3 Å². The minimum atomic E-state index is -0.524. The number of non-ortho nitro benzene ring substituents is 1. The summed E-state index contributed by atoms with van der Waals surface area (Å²) in [7, 11) is 0. The van der Waals surface area contributed by atoms with Gasteiger partial charge in [0.2, 0.25) is 5.91 Å². The molecule has 92 valence electrons. The largest absolute Gasteiger partial charge is 0.369 e. The van der Waals surface area contributed by atoms with Crippen LogP contribution >= 0.6 is 0 Å². The Bertz CT molecular complexity index is 591. The third kappa shape index (κ3) is 2.37. The first-order valence-electron chi connectivity index (χ1n) is 5.27. The number of carbonyl (C=O) groups is 1. The molecule has 0 aliphatic carbocycles. The molecule has 1 heterocycles. The molecule has 18 heavy (non-hydrogen) atoms. The number of benzene rings is 1. The van der Waals surface area contributed by atoms with Crippen molar-refractivity contribution in [2.24, 2.45) is 5.73 Å². The normalized spacial score (nSPS) is 10.2. The Labute approximate surface area is 103 Å². The fourth-order valence-electron chi connectivity index (χ4n) is 1.76. The molecule has 0 atom stereocenters. The number of amides is 1. The van der Waals surface area contributed by atoms with E-state index in [9.17, 15) is 14.9 Å². The number of rotatable bonds is 4. The second-order valence-electron chi connectivity index (χ2n) is 3.80. The maximum absolute atomic E-state index is 11.0. The van der Waals surface area contributed by atoms with Crippen LogP contribution in [0.2, 0.25) is 0 Å². The SMILES string of the molecule is NC(=O)Cc1cc([N+](=O)[O-])ccc1-n1cccc1. The van der Waals surface area contributed by atoms with E-state index in [1.54, 1.807) is 23.0 Å². The molecule has 0 spiro atoms. The van der Waals surface area contributed by atoms with Crippen LogP contribution in [0.4, 0.5) is 5.69 Å². The van der Waals surface area contributed by atoms with Crippen LogP contribution < -0.4 is 5.73 Å². The van der Waals surface area contributed by atoms with Gasteiger partial charge in [-0.2, -0.15) is 0 Å². The monoisotopic (exact) mass is 245 g/mol. The van der Waals surface area contributed by atoms with E-state index in [2.05, 4.69) is 0 Å². The van der Waals surface area contributed by atoms with Gasteiger partial charge >= 0.3 is 0 Å². The predicted molar refractivity (Wildman–Crippen MR) is 65.3 cm³/mol. The van der Waals surface area contributed by atoms with Crippen LogP contribution in [0.1, 0.15) is 5.56 Å². The minimum absolute atomic E-state index is 0.0325. The maximum atomic E-state index is 11.0. The number of hydrogen-bond donors (Lipinski definition) is 1. The molecule has 0 fully saturated rings. The van der Waals surface area contributed by atoms with Crippen molar-refractivity contribution >= 4 is 11.6 Å². The fraction of sp³-hybridized carbons (Fsp3) is 0.0833. The standard InChI is InChI=1S/C12H11N3O3/c13-12(16)8-9-7-10(15(17)18)3-4-11(9)14-5-1-2-6-14/h1-7H,8H2,(H2,13,16). The van der Waals surface area contributed by atoms with Gasteiger partial charge in [0, 0.05) is 30.2 Å². The molecule has 6 heteroatoms. The van der Waals surface area contributed by atoms with Gasteiger partial charge in [0.15, 0.2) is 0 Å². The summed E-state index contributed by atoms with van der Waals surface area (Å²) in [5, 5.41) is 10.7. The highest BCUT2D eigenvalue weighted by molar-refractivity contribution is 5.78. The Balaban J connectivity index is 2.52. The van der Waals surface area contributed by atoms with Crippen LogP contribution in [-0.4, -0.2) is 15.4 Å². The van der Waals surface area contributed by atoms with Crippen molar-refractivity contribution in [1.29, 1.82) is 0 Å². The van der Waals surface area contributed by atoms with Crippen molar-refractivity contribution in [1.82, 2.24) is 4.57 Å². The van der Waals surface area contributed by atoms with Crippen LogP contribution in [0.15, 0.2) is 42.7 Å². The lowest BCUT2D eigenvalue weighted by molar-refractivity contribution is -0.384. The van der Waals surface area contributed by atoms with Gasteiger partial charge in [0.25, 0.3) is 5.69 Å². The second kappa shape index (κ2) is 4.70. The number of nitrogens with zero attached hydrogens (tertiary/aromatic N) is 2. The first kappa shape index (κ1) is 11.8. The van der Waals surface area contributed by atoms with Crippen LogP contribution in [0.5, 0.6) is 0 Å². The molecule has 0 aliphatic rings. The molecule has 1 aromatic heterocycles. The van der Waals surface area contributed by atoms with E-state index in [1.807, 2.05) is 12.1 Å². The van der Waals surface area contributed by atoms with Gasteiger partial charge in [0.1, 0.15) is 0 Å². The average Bonchev–Trinajstić information content (AvgIpc) is 2.81. The second-order valence-corrected chi connectivity index (χ2v) is 3.80. The van der Waals surface area contributed by atoms with Gasteiger partial charge in [-0.05, 0) is 23.8 Å². The van der Waals surface area contributed by atoms with Crippen LogP contribution in [0.3, 0.4) is 0 Å². The van der Waals surface area contributed by atoms with Gasteiger partial charge in [-0.15, -0.1) is 0 Å². The number of aromatic nitrogens is 1. The minimum Gasteiger partial charge on any atom is -0.369 e. The Morgan fingerprint density at radius 3 is 2.56 bits per heavy atom. The molecule has 2 rings (SSSR count). The fourth-order valence-corrected chi connectivity index (χ4v) is 1.76. The molecule has 6 nitrogen and oxygen atoms in total. The highest BCUT2D eigenvalue weighted by Gasteiger charge is 2.13. The van der Waals surface area contributed by atoms with E-state index >= 15 is 0 Å². The Kier molecular flexibility index (Phi) is 3.09. The van der Waals surface area contributed by atoms with E-state index < -0.39 is 10.8 Å². The van der Waals surface area contributed by atoms with Crippen LogP contribution in [0, 0.1) is 10.1 Å². The maximum Gasteiger partial charge on any atom is 0.269 e. The highest BCUT2D eigenvalue weighted by atomic mass is 16.6. The van der Waals surface area contributed by atoms with Gasteiger partial charge in [-0.25, -0.2) is 0 Å². The zero-order valence-corrected chi connectivity index (χ0v) is 9.45. The summed E-state index contributed by atoms with van der Waals surface area (Å²) in [6.45, 7) is 0. The number of hydrogen-bond acceptors (Lipinski definition) is 3. The molecule has 0 saturated carbocycles. The van der Waals surface area contributed by atoms with E-state index in [-0.39, 0.29) is 12.1 Å². The Morgan fingerprint density at radius 2 is 2.00 bits per heavy atom. The highest BCUT2D eigenvalue weighted by Crippen LogP contribution is 2.21. The van der Waals surface area contributed by atoms with E-state index in [1.165, 1.54) is 12.1 Å². The van der Waals surface area contributed by atoms with Crippen molar-refractivity contribution < 1.29 is 9.72 Å². The summed E-state index contributed by atoms with van der Waals surface area (Å²) in [6, 6.07) is 8.04. The summed E-state index contributed by atoms with van der Waals surface area (Å²) in [4.78, 5) is 21.2. The van der Waals surface area contributed by atoms with Crippen molar-refractivity contribution in [2.45, 2.75) is 6.42 Å². The summed E-state index contributed by atoms with van der Waals surface area (Å²) in [6.07, 6.45) is 3.56. The first-order valence-corrected chi connectivity index (χ1v) is 5.27. The van der Waals surface area contributed by atoms with E-state index in [0.717, 1.165) is 0 Å². The number of carbonyl (C=O) groups excluding carboxylic acids is 1. The Morgan fingerprint density at radius 1 is 1.33 bits per heavy atom. The third-order valence-electron chi connectivity index (χ3n) is 2.52. The topological polar surface area (TPSA) is 91.2 Å². The number of nitrogens with two attached hydrogens (primary N) is 1. The zero-order valence-electron chi connectivity index (χ0n) is 9.45. The summed E-state index contributed by atoms with van der Waals surface area (Å²) in [5.41, 5.74) is 6.35. The smallest absolute Gasteiger partial charge is 0.269 e. The van der Waals surface area contributed by atoms with Gasteiger partial charge < -0.3 is 10.3 Å². The third-order valence-corrected chi connectivity index (χ3v) is 2.52. The predicted octanol–water partition coefficient (Wildman–Crippen LogP) is 1.41. The molecule has 2 N–H and O–H groups in total. The van der Waals surface area contributed by atoms with Crippen LogP contribution in [-0.2, 0) is 11.2 Å². The van der Waals surface area contributed by atoms with Gasteiger partial charge in [-0.1, -0.05) is 0 Å². The lowest BCUT2D eigenvalue weighted by Crippen LogP contribution is -2.15. The lowest BCUT2D eigenvalue weighted by atomic mass is 10.1. The lowest BCUT2D eigenvalue weighted by Gasteiger charge is -2.09. The molecule has 1 amide bonds. The van der Waals surface area contributed by atoms with Crippen molar-refractivity contribution in [3.63, 3.8) is 0 Å². The number of nitro benzene ring substituents is 1. The summed E-state index contributed by atoms with van der Waals surface area (Å²) in [5.74, 6) is -0.524. The molecule has 0 radical (unpaired) electrons. The molecule has 0 unspecified atom stereocenters. The number of primary amides is 1.